The first kappa shape index (κ1) is 16.8. The lowest BCUT2D eigenvalue weighted by Gasteiger charge is -2.32. The summed E-state index contributed by atoms with van der Waals surface area (Å²) < 4.78 is 28.6. The zero-order valence-corrected chi connectivity index (χ0v) is 13.1. The normalized spacial score (nSPS) is 18.0. The molecule has 1 saturated heterocycles. The van der Waals surface area contributed by atoms with E-state index in [1.807, 2.05) is 0 Å². The summed E-state index contributed by atoms with van der Waals surface area (Å²) in [6.07, 6.45) is 2.78. The Balaban J connectivity index is 1.49. The van der Waals surface area contributed by atoms with Crippen LogP contribution in [0.1, 0.15) is 36.3 Å². The molecule has 1 unspecified atom stereocenters. The van der Waals surface area contributed by atoms with Gasteiger partial charge in [0.25, 0.3) is 0 Å². The minimum Gasteiger partial charge on any atom is -0.435 e. The van der Waals surface area contributed by atoms with Crippen LogP contribution >= 0.6 is 0 Å². The molecule has 1 aromatic carbocycles. The molecule has 8 heteroatoms. The molecular weight excluding hydrogens is 318 g/mol. The molecule has 1 aliphatic heterocycles. The minimum absolute atomic E-state index is 0.0915. The number of nitrogens with zero attached hydrogens (tertiary/aromatic N) is 3. The average Bonchev–Trinajstić information content (AvgIpc) is 3.10. The monoisotopic (exact) mass is 338 g/mol. The molecule has 2 aromatic rings. The van der Waals surface area contributed by atoms with Gasteiger partial charge in [-0.2, -0.15) is 13.9 Å². The zero-order valence-electron chi connectivity index (χ0n) is 13.1. The molecular formula is C16H20F2N4O2. The van der Waals surface area contributed by atoms with Crippen molar-refractivity contribution in [2.75, 3.05) is 19.6 Å². The molecule has 2 heterocycles. The molecule has 0 radical (unpaired) electrons. The van der Waals surface area contributed by atoms with Crippen LogP contribution in [0.2, 0.25) is 0 Å². The van der Waals surface area contributed by atoms with Gasteiger partial charge >= 0.3 is 6.61 Å². The lowest BCUT2D eigenvalue weighted by Crippen LogP contribution is -2.36. The molecule has 3 rings (SSSR count). The Morgan fingerprint density at radius 3 is 2.54 bits per heavy atom. The van der Waals surface area contributed by atoms with Crippen LogP contribution in [0.4, 0.5) is 8.78 Å². The molecule has 0 spiro atoms. The molecule has 1 aliphatic rings. The standard InChI is InChI=1S/C16H20F2N4O2/c17-16(18)24-13-3-1-11(2-4-13)14(23)9-22-7-5-12(6-8-22)15-19-10-20-21-15/h1-4,10,12,14,16,23H,5-9H2,(H,19,20,21). The van der Waals surface area contributed by atoms with Crippen LogP contribution in [-0.4, -0.2) is 51.4 Å². The first-order chi connectivity index (χ1) is 11.6. The number of ether oxygens (including phenoxy) is 1. The lowest BCUT2D eigenvalue weighted by atomic mass is 9.95. The van der Waals surface area contributed by atoms with Gasteiger partial charge in [-0.3, -0.25) is 5.10 Å². The van der Waals surface area contributed by atoms with Crippen molar-refractivity contribution in [2.45, 2.75) is 31.5 Å². The third kappa shape index (κ3) is 4.27. The Morgan fingerprint density at radius 1 is 1.25 bits per heavy atom. The topological polar surface area (TPSA) is 74.3 Å². The number of aliphatic hydroxyl groups is 1. The highest BCUT2D eigenvalue weighted by molar-refractivity contribution is 5.28. The SMILES string of the molecule is OC(CN1CCC(c2ncn[nH]2)CC1)c1ccc(OC(F)F)cc1. The second-order valence-corrected chi connectivity index (χ2v) is 5.91. The smallest absolute Gasteiger partial charge is 0.387 e. The van der Waals surface area contributed by atoms with Crippen molar-refractivity contribution in [1.82, 2.24) is 20.1 Å². The molecule has 130 valence electrons. The van der Waals surface area contributed by atoms with Crippen molar-refractivity contribution in [2.24, 2.45) is 0 Å². The van der Waals surface area contributed by atoms with Gasteiger partial charge in [-0.1, -0.05) is 12.1 Å². The highest BCUT2D eigenvalue weighted by atomic mass is 19.3. The summed E-state index contributed by atoms with van der Waals surface area (Å²) in [5.41, 5.74) is 0.689. The number of aromatic nitrogens is 3. The fourth-order valence-corrected chi connectivity index (χ4v) is 3.02. The van der Waals surface area contributed by atoms with Crippen LogP contribution in [0.25, 0.3) is 0 Å². The third-order valence-electron chi connectivity index (χ3n) is 4.33. The van der Waals surface area contributed by atoms with Gasteiger partial charge in [0.2, 0.25) is 0 Å². The number of β-amino-alcohol motifs (C(OH)–C–C–N with tert-alkyl or cyclic N) is 1. The number of hydrogen-bond donors (Lipinski definition) is 2. The van der Waals surface area contributed by atoms with E-state index in [0.29, 0.717) is 18.0 Å². The van der Waals surface area contributed by atoms with E-state index in [1.54, 1.807) is 12.1 Å². The number of H-pyrrole nitrogens is 1. The van der Waals surface area contributed by atoms with E-state index in [0.717, 1.165) is 31.8 Å². The minimum atomic E-state index is -2.84. The molecule has 2 N–H and O–H groups in total. The highest BCUT2D eigenvalue weighted by Crippen LogP contribution is 2.27. The van der Waals surface area contributed by atoms with Crippen LogP contribution in [0.3, 0.4) is 0 Å². The molecule has 24 heavy (non-hydrogen) atoms. The van der Waals surface area contributed by atoms with Gasteiger partial charge in [-0.15, -0.1) is 0 Å². The van der Waals surface area contributed by atoms with E-state index in [2.05, 4.69) is 24.8 Å². The Morgan fingerprint density at radius 2 is 1.96 bits per heavy atom. The van der Waals surface area contributed by atoms with Crippen molar-refractivity contribution >= 4 is 0 Å². The lowest BCUT2D eigenvalue weighted by molar-refractivity contribution is -0.0498. The fraction of sp³-hybridized carbons (Fsp3) is 0.500. The zero-order chi connectivity index (χ0) is 16.9. The first-order valence-corrected chi connectivity index (χ1v) is 7.92. The summed E-state index contributed by atoms with van der Waals surface area (Å²) >= 11 is 0. The van der Waals surface area contributed by atoms with Gasteiger partial charge in [0.05, 0.1) is 6.10 Å². The number of halogens is 2. The maximum absolute atomic E-state index is 12.1. The second-order valence-electron chi connectivity index (χ2n) is 5.91. The molecule has 1 atom stereocenters. The number of benzene rings is 1. The number of aromatic amines is 1. The molecule has 6 nitrogen and oxygen atoms in total. The molecule has 0 aliphatic carbocycles. The van der Waals surface area contributed by atoms with Gasteiger partial charge < -0.3 is 14.7 Å². The van der Waals surface area contributed by atoms with Crippen LogP contribution in [-0.2, 0) is 0 Å². The Hall–Kier alpha value is -2.06. The van der Waals surface area contributed by atoms with Crippen LogP contribution in [0.15, 0.2) is 30.6 Å². The van der Waals surface area contributed by atoms with E-state index in [1.165, 1.54) is 18.5 Å². The predicted molar refractivity (Wildman–Crippen MR) is 82.8 cm³/mol. The molecule has 1 fully saturated rings. The summed E-state index contributed by atoms with van der Waals surface area (Å²) in [6, 6.07) is 6.12. The van der Waals surface area contributed by atoms with Gasteiger partial charge in [-0.05, 0) is 43.6 Å². The first-order valence-electron chi connectivity index (χ1n) is 7.92. The Kier molecular flexibility index (Phi) is 5.37. The number of hydrogen-bond acceptors (Lipinski definition) is 5. The number of piperidine rings is 1. The van der Waals surface area contributed by atoms with Crippen LogP contribution < -0.4 is 4.74 Å². The van der Waals surface area contributed by atoms with E-state index in [-0.39, 0.29) is 5.75 Å². The van der Waals surface area contributed by atoms with Gasteiger partial charge in [0, 0.05) is 12.5 Å². The fourth-order valence-electron chi connectivity index (χ4n) is 3.02. The number of likely N-dealkylation sites (tertiary alicyclic amines) is 1. The maximum atomic E-state index is 12.1. The number of rotatable bonds is 6. The Bertz CT molecular complexity index is 614. The van der Waals surface area contributed by atoms with Crippen molar-refractivity contribution in [3.8, 4) is 5.75 Å². The summed E-state index contributed by atoms with van der Waals surface area (Å²) in [4.78, 5) is 6.40. The van der Waals surface area contributed by atoms with Gasteiger partial charge in [-0.25, -0.2) is 4.98 Å². The van der Waals surface area contributed by atoms with E-state index in [4.69, 9.17) is 0 Å². The maximum Gasteiger partial charge on any atom is 0.387 e. The number of alkyl halides is 2. The number of nitrogens with one attached hydrogen (secondary N) is 1. The third-order valence-corrected chi connectivity index (χ3v) is 4.33. The van der Waals surface area contributed by atoms with Crippen molar-refractivity contribution in [3.63, 3.8) is 0 Å². The molecule has 0 bridgehead atoms. The highest BCUT2D eigenvalue weighted by Gasteiger charge is 2.24. The summed E-state index contributed by atoms with van der Waals surface area (Å²) in [5, 5.41) is 17.1. The van der Waals surface area contributed by atoms with Crippen LogP contribution in [0.5, 0.6) is 5.75 Å². The van der Waals surface area contributed by atoms with E-state index in [9.17, 15) is 13.9 Å². The van der Waals surface area contributed by atoms with E-state index >= 15 is 0 Å². The molecule has 0 amide bonds. The molecule has 1 aromatic heterocycles. The second kappa shape index (κ2) is 7.67. The van der Waals surface area contributed by atoms with Crippen molar-refractivity contribution in [3.05, 3.63) is 42.0 Å². The van der Waals surface area contributed by atoms with Gasteiger partial charge in [0.15, 0.2) is 0 Å². The Labute approximate surface area is 138 Å². The quantitative estimate of drug-likeness (QED) is 0.845. The predicted octanol–water partition coefficient (Wildman–Crippen LogP) is 2.32. The largest absolute Gasteiger partial charge is 0.435 e. The van der Waals surface area contributed by atoms with E-state index < -0.39 is 12.7 Å². The summed E-state index contributed by atoms with van der Waals surface area (Å²) in [5.74, 6) is 1.39. The summed E-state index contributed by atoms with van der Waals surface area (Å²) in [6.45, 7) is -0.589. The van der Waals surface area contributed by atoms with Crippen molar-refractivity contribution < 1.29 is 18.6 Å². The van der Waals surface area contributed by atoms with Crippen molar-refractivity contribution in [1.29, 1.82) is 0 Å². The van der Waals surface area contributed by atoms with Gasteiger partial charge in [0.1, 0.15) is 17.9 Å². The number of aliphatic hydroxyl groups excluding tert-OH is 1. The van der Waals surface area contributed by atoms with Crippen LogP contribution in [0, 0.1) is 0 Å². The molecule has 0 saturated carbocycles. The summed E-state index contributed by atoms with van der Waals surface area (Å²) in [7, 11) is 0. The average molecular weight is 338 g/mol.